The Morgan fingerprint density at radius 1 is 1.30 bits per heavy atom. The normalized spacial score (nSPS) is 12.3. The van der Waals surface area contributed by atoms with Gasteiger partial charge in [0, 0.05) is 10.9 Å². The molecule has 0 fully saturated rings. The van der Waals surface area contributed by atoms with Crippen LogP contribution in [0.4, 0.5) is 0 Å². The summed E-state index contributed by atoms with van der Waals surface area (Å²) in [5.74, 6) is 6.61. The van der Waals surface area contributed by atoms with Crippen molar-refractivity contribution in [3.05, 3.63) is 52.2 Å². The number of benzene rings is 1. The van der Waals surface area contributed by atoms with Crippen LogP contribution in [0.3, 0.4) is 0 Å². The summed E-state index contributed by atoms with van der Waals surface area (Å²) in [6, 6.07) is 12.6. The fourth-order valence-corrected chi connectivity index (χ4v) is 3.02. The molecule has 0 saturated heterocycles. The molecule has 1 unspecified atom stereocenters. The second-order valence-electron chi connectivity index (χ2n) is 4.70. The Balaban J connectivity index is 1.91. The van der Waals surface area contributed by atoms with Gasteiger partial charge in [0.1, 0.15) is 5.75 Å². The van der Waals surface area contributed by atoms with Crippen molar-refractivity contribution >= 4 is 11.3 Å². The van der Waals surface area contributed by atoms with Crippen LogP contribution in [-0.2, 0) is 6.42 Å². The lowest BCUT2D eigenvalue weighted by Crippen LogP contribution is -2.28. The maximum Gasteiger partial charge on any atom is 0.119 e. The first kappa shape index (κ1) is 15.0. The van der Waals surface area contributed by atoms with E-state index >= 15 is 0 Å². The lowest BCUT2D eigenvalue weighted by atomic mass is 10.0. The first-order valence-corrected chi connectivity index (χ1v) is 7.92. The smallest absolute Gasteiger partial charge is 0.119 e. The number of hydrazine groups is 1. The van der Waals surface area contributed by atoms with E-state index in [1.165, 1.54) is 10.4 Å². The number of rotatable bonds is 8. The molecule has 0 bridgehead atoms. The van der Waals surface area contributed by atoms with Crippen molar-refractivity contribution in [2.45, 2.75) is 32.2 Å². The molecule has 0 aliphatic rings. The number of thiophene rings is 1. The van der Waals surface area contributed by atoms with Crippen molar-refractivity contribution in [1.29, 1.82) is 0 Å². The Hall–Kier alpha value is -1.36. The van der Waals surface area contributed by atoms with Gasteiger partial charge in [0.2, 0.25) is 0 Å². The average Bonchev–Trinajstić information content (AvgIpc) is 2.97. The lowest BCUT2D eigenvalue weighted by Gasteiger charge is -2.17. The van der Waals surface area contributed by atoms with E-state index in [0.29, 0.717) is 6.61 Å². The molecule has 0 aliphatic carbocycles. The third kappa shape index (κ3) is 4.34. The second kappa shape index (κ2) is 8.04. The number of hydrogen-bond acceptors (Lipinski definition) is 4. The van der Waals surface area contributed by atoms with Gasteiger partial charge in [-0.3, -0.25) is 11.3 Å². The highest BCUT2D eigenvalue weighted by molar-refractivity contribution is 7.09. The number of ether oxygens (including phenoxy) is 1. The summed E-state index contributed by atoms with van der Waals surface area (Å²) in [5, 5.41) is 2.12. The number of nitrogens with two attached hydrogens (primary N) is 1. The van der Waals surface area contributed by atoms with Gasteiger partial charge < -0.3 is 4.74 Å². The monoisotopic (exact) mass is 290 g/mol. The number of hydrogen-bond donors (Lipinski definition) is 2. The molecule has 1 aromatic heterocycles. The average molecular weight is 290 g/mol. The van der Waals surface area contributed by atoms with Crippen LogP contribution < -0.4 is 16.0 Å². The Morgan fingerprint density at radius 3 is 2.90 bits per heavy atom. The van der Waals surface area contributed by atoms with Crippen LogP contribution in [0.1, 0.15) is 36.2 Å². The predicted octanol–water partition coefficient (Wildman–Crippen LogP) is 3.67. The zero-order chi connectivity index (χ0) is 14.2. The van der Waals surface area contributed by atoms with Gasteiger partial charge in [0.05, 0.1) is 6.61 Å². The largest absolute Gasteiger partial charge is 0.494 e. The van der Waals surface area contributed by atoms with Gasteiger partial charge in [-0.1, -0.05) is 18.2 Å². The molecule has 0 radical (unpaired) electrons. The molecule has 0 amide bonds. The quantitative estimate of drug-likeness (QED) is 0.576. The van der Waals surface area contributed by atoms with Crippen molar-refractivity contribution in [3.63, 3.8) is 0 Å². The van der Waals surface area contributed by atoms with Crippen LogP contribution in [-0.4, -0.2) is 6.61 Å². The van der Waals surface area contributed by atoms with Crippen LogP contribution >= 0.6 is 11.3 Å². The van der Waals surface area contributed by atoms with Crippen molar-refractivity contribution in [1.82, 2.24) is 5.43 Å². The van der Waals surface area contributed by atoms with Crippen molar-refractivity contribution in [2.75, 3.05) is 6.61 Å². The summed E-state index contributed by atoms with van der Waals surface area (Å²) < 4.78 is 5.54. The number of nitrogens with one attached hydrogen (secondary N) is 1. The molecule has 3 N–H and O–H groups in total. The minimum Gasteiger partial charge on any atom is -0.494 e. The van der Waals surface area contributed by atoms with Crippen LogP contribution in [0.25, 0.3) is 0 Å². The molecule has 0 saturated carbocycles. The van der Waals surface area contributed by atoms with Gasteiger partial charge in [-0.05, 0) is 55.3 Å². The summed E-state index contributed by atoms with van der Waals surface area (Å²) in [7, 11) is 0. The van der Waals surface area contributed by atoms with E-state index < -0.39 is 0 Å². The molecule has 108 valence electrons. The fourth-order valence-electron chi connectivity index (χ4n) is 2.27. The third-order valence-corrected chi connectivity index (χ3v) is 4.20. The van der Waals surface area contributed by atoms with Crippen LogP contribution in [0, 0.1) is 0 Å². The Kier molecular flexibility index (Phi) is 6.05. The Bertz CT molecular complexity index is 499. The maximum absolute atomic E-state index is 5.70. The first-order chi connectivity index (χ1) is 9.83. The van der Waals surface area contributed by atoms with E-state index in [4.69, 9.17) is 10.6 Å². The standard InChI is InChI=1S/C16H22N2OS/c1-2-19-14-7-3-6-13(12-14)16(18-17)10-4-8-15-9-5-11-20-15/h3,5-7,9,11-12,16,18H,2,4,8,10,17H2,1H3. The summed E-state index contributed by atoms with van der Waals surface area (Å²) in [6.07, 6.45) is 3.25. The van der Waals surface area contributed by atoms with Gasteiger partial charge in [-0.15, -0.1) is 11.3 Å². The molecule has 2 aromatic rings. The molecule has 0 spiro atoms. The SMILES string of the molecule is CCOc1cccc(C(CCCc2cccs2)NN)c1. The minimum atomic E-state index is 0.176. The van der Waals surface area contributed by atoms with E-state index in [-0.39, 0.29) is 6.04 Å². The molecule has 20 heavy (non-hydrogen) atoms. The Labute approximate surface area is 124 Å². The summed E-state index contributed by atoms with van der Waals surface area (Å²) in [6.45, 7) is 2.68. The lowest BCUT2D eigenvalue weighted by molar-refractivity contribution is 0.339. The zero-order valence-corrected chi connectivity index (χ0v) is 12.7. The molecule has 1 atom stereocenters. The molecular formula is C16H22N2OS. The van der Waals surface area contributed by atoms with Crippen molar-refractivity contribution in [3.8, 4) is 5.75 Å². The molecule has 1 aromatic carbocycles. The van der Waals surface area contributed by atoms with Crippen LogP contribution in [0.5, 0.6) is 5.75 Å². The van der Waals surface area contributed by atoms with Gasteiger partial charge >= 0.3 is 0 Å². The van der Waals surface area contributed by atoms with Gasteiger partial charge in [-0.2, -0.15) is 0 Å². The second-order valence-corrected chi connectivity index (χ2v) is 5.73. The minimum absolute atomic E-state index is 0.176. The van der Waals surface area contributed by atoms with Crippen LogP contribution in [0.15, 0.2) is 41.8 Å². The summed E-state index contributed by atoms with van der Waals surface area (Å²) in [4.78, 5) is 1.43. The molecule has 1 heterocycles. The molecule has 0 aliphatic heterocycles. The highest BCUT2D eigenvalue weighted by Gasteiger charge is 2.10. The molecule has 2 rings (SSSR count). The highest BCUT2D eigenvalue weighted by atomic mass is 32.1. The summed E-state index contributed by atoms with van der Waals surface area (Å²) in [5.41, 5.74) is 4.10. The Morgan fingerprint density at radius 2 is 2.20 bits per heavy atom. The molecule has 3 nitrogen and oxygen atoms in total. The first-order valence-electron chi connectivity index (χ1n) is 7.04. The van der Waals surface area contributed by atoms with Gasteiger partial charge in [0.25, 0.3) is 0 Å². The predicted molar refractivity (Wildman–Crippen MR) is 84.9 cm³/mol. The third-order valence-electron chi connectivity index (χ3n) is 3.27. The molecular weight excluding hydrogens is 268 g/mol. The number of aryl methyl sites for hydroxylation is 1. The highest BCUT2D eigenvalue weighted by Crippen LogP contribution is 2.23. The van der Waals surface area contributed by atoms with E-state index in [1.54, 1.807) is 0 Å². The maximum atomic E-state index is 5.70. The fraction of sp³-hybridized carbons (Fsp3) is 0.375. The topological polar surface area (TPSA) is 47.3 Å². The van der Waals surface area contributed by atoms with E-state index in [2.05, 4.69) is 35.1 Å². The van der Waals surface area contributed by atoms with E-state index in [9.17, 15) is 0 Å². The van der Waals surface area contributed by atoms with Crippen molar-refractivity contribution < 1.29 is 4.74 Å². The summed E-state index contributed by atoms with van der Waals surface area (Å²) >= 11 is 1.82. The van der Waals surface area contributed by atoms with Crippen molar-refractivity contribution in [2.24, 2.45) is 5.84 Å². The van der Waals surface area contributed by atoms with E-state index in [0.717, 1.165) is 25.0 Å². The molecule has 4 heteroatoms. The van der Waals surface area contributed by atoms with Gasteiger partial charge in [-0.25, -0.2) is 0 Å². The zero-order valence-electron chi connectivity index (χ0n) is 11.8. The van der Waals surface area contributed by atoms with Crippen LogP contribution in [0.2, 0.25) is 0 Å². The van der Waals surface area contributed by atoms with Gasteiger partial charge in [0.15, 0.2) is 0 Å². The van der Waals surface area contributed by atoms with E-state index in [1.807, 2.05) is 30.4 Å².